The van der Waals surface area contributed by atoms with Gasteiger partial charge in [-0.15, -0.1) is 0 Å². The Hall–Kier alpha value is -2.13. The molecule has 0 aliphatic carbocycles. The van der Waals surface area contributed by atoms with E-state index in [0.29, 0.717) is 5.92 Å². The Morgan fingerprint density at radius 1 is 1.09 bits per heavy atom. The molecule has 0 aromatic heterocycles. The Bertz CT molecular complexity index is 651. The standard InChI is InChI=1S/C20H24N2O/c1-21-13-12-16(14-21)15-22(2)20(23)19-10-8-18(9-11-19)17-6-4-3-5-7-17/h3-11,16H,12-15H2,1-2H3. The number of carbonyl (C=O) groups excluding carboxylic acids is 1. The molecule has 2 aromatic carbocycles. The minimum absolute atomic E-state index is 0.110. The highest BCUT2D eigenvalue weighted by Gasteiger charge is 2.23. The number of likely N-dealkylation sites (tertiary alicyclic amines) is 1. The third-order valence-corrected chi connectivity index (χ3v) is 4.61. The molecule has 120 valence electrons. The summed E-state index contributed by atoms with van der Waals surface area (Å²) in [5, 5.41) is 0. The van der Waals surface area contributed by atoms with Crippen LogP contribution in [0.1, 0.15) is 16.8 Å². The van der Waals surface area contributed by atoms with Crippen molar-refractivity contribution in [2.75, 3.05) is 33.7 Å². The van der Waals surface area contributed by atoms with Gasteiger partial charge in [0, 0.05) is 25.7 Å². The van der Waals surface area contributed by atoms with Gasteiger partial charge in [0.1, 0.15) is 0 Å². The van der Waals surface area contributed by atoms with E-state index in [4.69, 9.17) is 0 Å². The number of rotatable bonds is 4. The summed E-state index contributed by atoms with van der Waals surface area (Å²) in [7, 11) is 4.05. The van der Waals surface area contributed by atoms with Crippen molar-refractivity contribution < 1.29 is 4.79 Å². The molecule has 1 aliphatic heterocycles. The van der Waals surface area contributed by atoms with Gasteiger partial charge in [0.2, 0.25) is 0 Å². The number of benzene rings is 2. The Balaban J connectivity index is 1.65. The van der Waals surface area contributed by atoms with Crippen molar-refractivity contribution in [3.8, 4) is 11.1 Å². The maximum Gasteiger partial charge on any atom is 0.253 e. The van der Waals surface area contributed by atoms with Crippen molar-refractivity contribution in [2.24, 2.45) is 5.92 Å². The van der Waals surface area contributed by atoms with Crippen LogP contribution in [0.15, 0.2) is 54.6 Å². The summed E-state index contributed by atoms with van der Waals surface area (Å²) in [4.78, 5) is 16.8. The lowest BCUT2D eigenvalue weighted by atomic mass is 10.0. The van der Waals surface area contributed by atoms with Crippen LogP contribution in [0.2, 0.25) is 0 Å². The maximum atomic E-state index is 12.6. The highest BCUT2D eigenvalue weighted by Crippen LogP contribution is 2.20. The van der Waals surface area contributed by atoms with E-state index >= 15 is 0 Å². The highest BCUT2D eigenvalue weighted by atomic mass is 16.2. The lowest BCUT2D eigenvalue weighted by molar-refractivity contribution is 0.0774. The number of hydrogen-bond acceptors (Lipinski definition) is 2. The normalized spacial score (nSPS) is 18.1. The molecule has 1 amide bonds. The van der Waals surface area contributed by atoms with Crippen LogP contribution in [0.3, 0.4) is 0 Å². The largest absolute Gasteiger partial charge is 0.341 e. The molecule has 1 aliphatic rings. The van der Waals surface area contributed by atoms with Crippen molar-refractivity contribution in [2.45, 2.75) is 6.42 Å². The molecule has 0 spiro atoms. The van der Waals surface area contributed by atoms with Crippen molar-refractivity contribution >= 4 is 5.91 Å². The van der Waals surface area contributed by atoms with Crippen LogP contribution in [-0.4, -0.2) is 49.4 Å². The molecule has 3 nitrogen and oxygen atoms in total. The number of carbonyl (C=O) groups is 1. The zero-order chi connectivity index (χ0) is 16.2. The molecule has 23 heavy (non-hydrogen) atoms. The van der Waals surface area contributed by atoms with Crippen LogP contribution in [-0.2, 0) is 0 Å². The topological polar surface area (TPSA) is 23.6 Å². The lowest BCUT2D eigenvalue weighted by Crippen LogP contribution is -2.32. The van der Waals surface area contributed by atoms with E-state index in [-0.39, 0.29) is 5.91 Å². The Morgan fingerprint density at radius 3 is 2.35 bits per heavy atom. The first-order valence-corrected chi connectivity index (χ1v) is 8.23. The van der Waals surface area contributed by atoms with E-state index in [2.05, 4.69) is 24.1 Å². The Labute approximate surface area is 138 Å². The Morgan fingerprint density at radius 2 is 1.74 bits per heavy atom. The summed E-state index contributed by atoms with van der Waals surface area (Å²) in [5.74, 6) is 0.705. The first-order chi connectivity index (χ1) is 11.1. The fraction of sp³-hybridized carbons (Fsp3) is 0.350. The molecule has 1 fully saturated rings. The summed E-state index contributed by atoms with van der Waals surface area (Å²) >= 11 is 0. The molecule has 1 atom stereocenters. The molecule has 3 heteroatoms. The third kappa shape index (κ3) is 3.80. The molecule has 0 N–H and O–H groups in total. The zero-order valence-electron chi connectivity index (χ0n) is 13.9. The minimum Gasteiger partial charge on any atom is -0.341 e. The second-order valence-electron chi connectivity index (χ2n) is 6.55. The van der Waals surface area contributed by atoms with Crippen LogP contribution in [0.25, 0.3) is 11.1 Å². The summed E-state index contributed by atoms with van der Waals surface area (Å²) in [6.07, 6.45) is 1.18. The van der Waals surface area contributed by atoms with Crippen LogP contribution >= 0.6 is 0 Å². The molecule has 1 heterocycles. The third-order valence-electron chi connectivity index (χ3n) is 4.61. The van der Waals surface area contributed by atoms with E-state index < -0.39 is 0 Å². The molecule has 0 saturated carbocycles. The first-order valence-electron chi connectivity index (χ1n) is 8.23. The fourth-order valence-electron chi connectivity index (χ4n) is 3.30. The quantitative estimate of drug-likeness (QED) is 0.864. The molecule has 3 rings (SSSR count). The van der Waals surface area contributed by atoms with Crippen molar-refractivity contribution in [1.29, 1.82) is 0 Å². The highest BCUT2D eigenvalue weighted by molar-refractivity contribution is 5.94. The molecule has 0 radical (unpaired) electrons. The van der Waals surface area contributed by atoms with Crippen LogP contribution < -0.4 is 0 Å². The predicted molar refractivity (Wildman–Crippen MR) is 94.4 cm³/mol. The zero-order valence-corrected chi connectivity index (χ0v) is 13.9. The average Bonchev–Trinajstić information content (AvgIpc) is 3.00. The van der Waals surface area contributed by atoms with Gasteiger partial charge in [-0.25, -0.2) is 0 Å². The van der Waals surface area contributed by atoms with Gasteiger partial charge in [0.05, 0.1) is 0 Å². The van der Waals surface area contributed by atoms with Crippen molar-refractivity contribution in [3.63, 3.8) is 0 Å². The summed E-state index contributed by atoms with van der Waals surface area (Å²) in [6, 6.07) is 18.2. The number of nitrogens with zero attached hydrogens (tertiary/aromatic N) is 2. The lowest BCUT2D eigenvalue weighted by Gasteiger charge is -2.21. The molecular weight excluding hydrogens is 284 g/mol. The van der Waals surface area contributed by atoms with Crippen LogP contribution in [0, 0.1) is 5.92 Å². The average molecular weight is 308 g/mol. The number of hydrogen-bond donors (Lipinski definition) is 0. The van der Waals surface area contributed by atoms with Gasteiger partial charge in [-0.1, -0.05) is 42.5 Å². The second-order valence-corrected chi connectivity index (χ2v) is 6.55. The van der Waals surface area contributed by atoms with Gasteiger partial charge in [0.25, 0.3) is 5.91 Å². The van der Waals surface area contributed by atoms with E-state index in [1.54, 1.807) is 0 Å². The molecule has 2 aromatic rings. The SMILES string of the molecule is CN1CCC(CN(C)C(=O)c2ccc(-c3ccccc3)cc2)C1. The Kier molecular flexibility index (Phi) is 4.77. The minimum atomic E-state index is 0.110. The van der Waals surface area contributed by atoms with Gasteiger partial charge >= 0.3 is 0 Å². The molecule has 0 bridgehead atoms. The predicted octanol–water partition coefficient (Wildman–Crippen LogP) is 3.38. The monoisotopic (exact) mass is 308 g/mol. The fourth-order valence-corrected chi connectivity index (χ4v) is 3.30. The summed E-state index contributed by atoms with van der Waals surface area (Å²) < 4.78 is 0. The van der Waals surface area contributed by atoms with Gasteiger partial charge in [-0.05, 0) is 49.2 Å². The second kappa shape index (κ2) is 6.97. The van der Waals surface area contributed by atoms with Gasteiger partial charge in [-0.3, -0.25) is 4.79 Å². The van der Waals surface area contributed by atoms with E-state index in [1.165, 1.54) is 12.0 Å². The van der Waals surface area contributed by atoms with E-state index in [9.17, 15) is 4.79 Å². The van der Waals surface area contributed by atoms with Gasteiger partial charge in [-0.2, -0.15) is 0 Å². The summed E-state index contributed by atoms with van der Waals surface area (Å²) in [6.45, 7) is 3.06. The first kappa shape index (κ1) is 15.8. The molecule has 1 unspecified atom stereocenters. The van der Waals surface area contributed by atoms with Crippen LogP contribution in [0.5, 0.6) is 0 Å². The summed E-state index contributed by atoms with van der Waals surface area (Å²) in [5.41, 5.74) is 3.08. The number of amides is 1. The van der Waals surface area contributed by atoms with E-state index in [0.717, 1.165) is 30.8 Å². The molecule has 1 saturated heterocycles. The molecular formula is C20H24N2O. The maximum absolute atomic E-state index is 12.6. The van der Waals surface area contributed by atoms with Gasteiger partial charge < -0.3 is 9.80 Å². The van der Waals surface area contributed by atoms with Crippen LogP contribution in [0.4, 0.5) is 0 Å². The van der Waals surface area contributed by atoms with E-state index in [1.807, 2.05) is 54.4 Å². The van der Waals surface area contributed by atoms with Crippen molar-refractivity contribution in [1.82, 2.24) is 9.80 Å². The smallest absolute Gasteiger partial charge is 0.253 e. The van der Waals surface area contributed by atoms with Crippen molar-refractivity contribution in [3.05, 3.63) is 60.2 Å². The van der Waals surface area contributed by atoms with Gasteiger partial charge in [0.15, 0.2) is 0 Å².